The number of ether oxygens (including phenoxy) is 2. The molecule has 1 N–H and O–H groups in total. The molecule has 0 unspecified atom stereocenters. The molecular weight excluding hydrogens is 483 g/mol. The molecule has 0 aliphatic rings. The highest BCUT2D eigenvalue weighted by molar-refractivity contribution is 6.34. The minimum Gasteiger partial charge on any atom is -0.465 e. The van der Waals surface area contributed by atoms with Crippen LogP contribution in [-0.2, 0) is 4.74 Å². The maximum absolute atomic E-state index is 12.0. The van der Waals surface area contributed by atoms with Gasteiger partial charge in [-0.3, -0.25) is 0 Å². The Balaban J connectivity index is 1.44. The minimum atomic E-state index is -0.422. The number of rotatable bonds is 5. The molecule has 7 heteroatoms. The molecule has 0 amide bonds. The van der Waals surface area contributed by atoms with Gasteiger partial charge in [0.15, 0.2) is 0 Å². The quantitative estimate of drug-likeness (QED) is 0.246. The molecule has 0 aliphatic carbocycles. The average molecular weight is 503 g/mol. The third kappa shape index (κ3) is 4.61. The van der Waals surface area contributed by atoms with Gasteiger partial charge in [-0.15, -0.1) is 0 Å². The first-order valence-corrected chi connectivity index (χ1v) is 11.6. The molecule has 5 nitrogen and oxygen atoms in total. The van der Waals surface area contributed by atoms with E-state index < -0.39 is 5.97 Å². The molecule has 4 aromatic carbocycles. The van der Waals surface area contributed by atoms with Gasteiger partial charge in [-0.2, -0.15) is 4.98 Å². The topological polar surface area (TPSA) is 64.2 Å². The molecule has 1 aromatic heterocycles. The van der Waals surface area contributed by atoms with Gasteiger partial charge in [-0.25, -0.2) is 4.79 Å². The van der Waals surface area contributed by atoms with Crippen molar-refractivity contribution in [1.29, 1.82) is 0 Å². The second kappa shape index (κ2) is 9.45. The van der Waals surface area contributed by atoms with Crippen molar-refractivity contribution in [1.82, 2.24) is 9.97 Å². The van der Waals surface area contributed by atoms with E-state index in [0.29, 0.717) is 32.9 Å². The Hall–Kier alpha value is -3.80. The summed E-state index contributed by atoms with van der Waals surface area (Å²) in [6.07, 6.45) is 0. The van der Waals surface area contributed by atoms with Crippen molar-refractivity contribution in [3.8, 4) is 34.0 Å². The number of nitrogens with one attached hydrogen (secondary N) is 1. The second-order valence-corrected chi connectivity index (χ2v) is 8.83. The van der Waals surface area contributed by atoms with E-state index in [1.165, 1.54) is 7.11 Å². The number of aryl methyl sites for hydroxylation is 1. The number of H-pyrrole nitrogens is 1. The van der Waals surface area contributed by atoms with Crippen LogP contribution < -0.4 is 4.74 Å². The molecule has 0 saturated heterocycles. The van der Waals surface area contributed by atoms with E-state index in [1.54, 1.807) is 18.2 Å². The molecule has 0 aliphatic heterocycles. The number of hydrogen-bond donors (Lipinski definition) is 1. The van der Waals surface area contributed by atoms with Crippen molar-refractivity contribution in [2.75, 3.05) is 7.11 Å². The lowest BCUT2D eigenvalue weighted by Crippen LogP contribution is -2.04. The Morgan fingerprint density at radius 2 is 1.57 bits per heavy atom. The number of aromatic nitrogens is 2. The lowest BCUT2D eigenvalue weighted by molar-refractivity contribution is 0.0599. The number of fused-ring (bicyclic) bond motifs is 1. The summed E-state index contributed by atoms with van der Waals surface area (Å²) >= 11 is 13.0. The monoisotopic (exact) mass is 502 g/mol. The summed E-state index contributed by atoms with van der Waals surface area (Å²) in [7, 11) is 1.35. The van der Waals surface area contributed by atoms with Crippen molar-refractivity contribution >= 4 is 40.2 Å². The van der Waals surface area contributed by atoms with E-state index in [9.17, 15) is 4.79 Å². The van der Waals surface area contributed by atoms with Crippen molar-refractivity contribution in [2.45, 2.75) is 6.92 Å². The molecule has 0 radical (unpaired) electrons. The molecule has 5 rings (SSSR count). The van der Waals surface area contributed by atoms with E-state index in [-0.39, 0.29) is 0 Å². The standard InChI is InChI=1S/C28H20Cl2N2O3/c1-16-7-12-19(13-21(16)27(33)34-2)35-28-31-25-14-22(24(30)15-26(25)32-28)18-10-8-17(9-11-18)20-5-3-4-6-23(20)29/h3-15H,1-2H3,(H,31,32). The van der Waals surface area contributed by atoms with Gasteiger partial charge < -0.3 is 14.5 Å². The number of aromatic amines is 1. The Morgan fingerprint density at radius 1 is 0.857 bits per heavy atom. The predicted molar refractivity (Wildman–Crippen MR) is 140 cm³/mol. The van der Waals surface area contributed by atoms with Crippen molar-refractivity contribution < 1.29 is 14.3 Å². The summed E-state index contributed by atoms with van der Waals surface area (Å²) in [4.78, 5) is 19.7. The fourth-order valence-electron chi connectivity index (χ4n) is 3.91. The maximum Gasteiger partial charge on any atom is 0.338 e. The van der Waals surface area contributed by atoms with Gasteiger partial charge in [-0.1, -0.05) is 71.7 Å². The van der Waals surface area contributed by atoms with Gasteiger partial charge >= 0.3 is 5.97 Å². The zero-order chi connectivity index (χ0) is 24.5. The Labute approximate surface area is 212 Å². The highest BCUT2D eigenvalue weighted by Crippen LogP contribution is 2.35. The first kappa shape index (κ1) is 23.0. The lowest BCUT2D eigenvalue weighted by atomic mass is 10.00. The van der Waals surface area contributed by atoms with Crippen molar-refractivity contribution in [3.63, 3.8) is 0 Å². The summed E-state index contributed by atoms with van der Waals surface area (Å²) in [6.45, 7) is 1.84. The normalized spacial score (nSPS) is 11.0. The Kier molecular flexibility index (Phi) is 6.20. The number of esters is 1. The van der Waals surface area contributed by atoms with Gasteiger partial charge in [0.05, 0.1) is 28.7 Å². The first-order valence-electron chi connectivity index (χ1n) is 10.8. The van der Waals surface area contributed by atoms with Crippen LogP contribution in [0.1, 0.15) is 15.9 Å². The molecule has 0 fully saturated rings. The second-order valence-electron chi connectivity index (χ2n) is 8.02. The number of carbonyl (C=O) groups excluding carboxylic acids is 1. The predicted octanol–water partition coefficient (Wildman–Crippen LogP) is 8.09. The van der Waals surface area contributed by atoms with E-state index in [0.717, 1.165) is 33.3 Å². The third-order valence-electron chi connectivity index (χ3n) is 5.76. The van der Waals surface area contributed by atoms with Crippen LogP contribution in [-0.4, -0.2) is 23.0 Å². The highest BCUT2D eigenvalue weighted by Gasteiger charge is 2.14. The van der Waals surface area contributed by atoms with Crippen LogP contribution in [0.5, 0.6) is 11.8 Å². The number of nitrogens with zero attached hydrogens (tertiary/aromatic N) is 1. The number of methoxy groups -OCH3 is 1. The SMILES string of the molecule is COC(=O)c1cc(Oc2nc3cc(-c4ccc(-c5ccccc5Cl)cc4)c(Cl)cc3[nH]2)ccc1C. The van der Waals surface area contributed by atoms with E-state index in [4.69, 9.17) is 32.7 Å². The van der Waals surface area contributed by atoms with Crippen LogP contribution in [0.2, 0.25) is 10.0 Å². The molecule has 1 heterocycles. The number of carbonyl (C=O) groups is 1. The summed E-state index contributed by atoms with van der Waals surface area (Å²) in [6, 6.07) is 25.0. The van der Waals surface area contributed by atoms with Crippen LogP contribution in [0.25, 0.3) is 33.3 Å². The first-order chi connectivity index (χ1) is 16.9. The molecule has 0 bridgehead atoms. The maximum atomic E-state index is 12.0. The number of benzene rings is 4. The molecule has 5 aromatic rings. The highest BCUT2D eigenvalue weighted by atomic mass is 35.5. The van der Waals surface area contributed by atoms with E-state index >= 15 is 0 Å². The number of imidazole rings is 1. The molecule has 0 saturated carbocycles. The fourth-order valence-corrected chi connectivity index (χ4v) is 4.42. The third-order valence-corrected chi connectivity index (χ3v) is 6.40. The summed E-state index contributed by atoms with van der Waals surface area (Å²) < 4.78 is 10.7. The van der Waals surface area contributed by atoms with Crippen LogP contribution in [0.15, 0.2) is 78.9 Å². The summed E-state index contributed by atoms with van der Waals surface area (Å²) in [5.41, 5.74) is 6.49. The van der Waals surface area contributed by atoms with Crippen molar-refractivity contribution in [3.05, 3.63) is 100 Å². The molecular formula is C28H20Cl2N2O3. The number of hydrogen-bond acceptors (Lipinski definition) is 4. The van der Waals surface area contributed by atoms with Crippen LogP contribution in [0.3, 0.4) is 0 Å². The largest absolute Gasteiger partial charge is 0.465 e. The van der Waals surface area contributed by atoms with E-state index in [1.807, 2.05) is 67.6 Å². The molecule has 0 atom stereocenters. The smallest absolute Gasteiger partial charge is 0.338 e. The zero-order valence-corrected chi connectivity index (χ0v) is 20.4. The summed E-state index contributed by atoms with van der Waals surface area (Å²) in [5, 5.41) is 1.29. The van der Waals surface area contributed by atoms with Gasteiger partial charge in [0, 0.05) is 16.1 Å². The number of halogens is 2. The van der Waals surface area contributed by atoms with Crippen LogP contribution in [0.4, 0.5) is 0 Å². The fraction of sp³-hybridized carbons (Fsp3) is 0.0714. The molecule has 35 heavy (non-hydrogen) atoms. The van der Waals surface area contributed by atoms with E-state index in [2.05, 4.69) is 9.97 Å². The lowest BCUT2D eigenvalue weighted by Gasteiger charge is -2.08. The van der Waals surface area contributed by atoms with Gasteiger partial charge in [-0.05, 0) is 53.9 Å². The zero-order valence-electron chi connectivity index (χ0n) is 18.9. The molecule has 0 spiro atoms. The summed E-state index contributed by atoms with van der Waals surface area (Å²) in [5.74, 6) is 0.0473. The van der Waals surface area contributed by atoms with Gasteiger partial charge in [0.2, 0.25) is 0 Å². The van der Waals surface area contributed by atoms with Crippen molar-refractivity contribution in [2.24, 2.45) is 0 Å². The average Bonchev–Trinajstić information content (AvgIpc) is 3.25. The van der Waals surface area contributed by atoms with Gasteiger partial charge in [0.25, 0.3) is 6.01 Å². The van der Waals surface area contributed by atoms with Crippen LogP contribution >= 0.6 is 23.2 Å². The Morgan fingerprint density at radius 3 is 2.29 bits per heavy atom. The molecule has 174 valence electrons. The minimum absolute atomic E-state index is 0.293. The van der Waals surface area contributed by atoms with Crippen LogP contribution in [0, 0.1) is 6.92 Å². The Bertz CT molecular complexity index is 1560. The van der Waals surface area contributed by atoms with Gasteiger partial charge in [0.1, 0.15) is 5.75 Å².